The summed E-state index contributed by atoms with van der Waals surface area (Å²) in [7, 11) is -4.49. The Kier molecular flexibility index (Phi) is 11.4. The molecule has 0 unspecified atom stereocenters. The van der Waals surface area contributed by atoms with E-state index in [0.717, 1.165) is 32.3 Å². The molecule has 15 nitrogen and oxygen atoms in total. The van der Waals surface area contributed by atoms with Gasteiger partial charge >= 0.3 is 65.1 Å². The molecule has 170 valence electrons. The summed E-state index contributed by atoms with van der Waals surface area (Å²) in [5.41, 5.74) is 2.71. The number of β-lactam (4-membered cyclic amide) rings is 1. The SMILES string of the molecule is COC(=O)[C@H]1[C@@H](NC(=O)/C(=N\OC(C)(C)C(=O)[O-])c2csc(N)n2)C(=O)N1S(=O)(=O)[O-].[Na+].[Na+]. The number of nitrogens with zero attached hydrogens (tertiary/aromatic N) is 3. The second-order valence-electron chi connectivity index (χ2n) is 6.41. The van der Waals surface area contributed by atoms with Crippen molar-refractivity contribution in [2.45, 2.75) is 31.5 Å². The summed E-state index contributed by atoms with van der Waals surface area (Å²) >= 11 is 0.893. The maximum absolute atomic E-state index is 12.7. The van der Waals surface area contributed by atoms with Gasteiger partial charge in [-0.3, -0.25) is 9.59 Å². The van der Waals surface area contributed by atoms with Crippen molar-refractivity contribution in [3.8, 4) is 0 Å². The predicted molar refractivity (Wildman–Crippen MR) is 97.5 cm³/mol. The Labute approximate surface area is 235 Å². The molecule has 2 atom stereocenters. The molecule has 2 heterocycles. The van der Waals surface area contributed by atoms with Crippen LogP contribution in [0, 0.1) is 0 Å². The Morgan fingerprint density at radius 3 is 2.33 bits per heavy atom. The van der Waals surface area contributed by atoms with Crippen LogP contribution in [0.1, 0.15) is 19.5 Å². The van der Waals surface area contributed by atoms with E-state index in [4.69, 9.17) is 10.6 Å². The van der Waals surface area contributed by atoms with Gasteiger partial charge in [-0.1, -0.05) is 5.16 Å². The van der Waals surface area contributed by atoms with Gasteiger partial charge in [0.05, 0.1) is 13.1 Å². The molecule has 1 aliphatic heterocycles. The number of hydrogen-bond acceptors (Lipinski definition) is 14. The summed E-state index contributed by atoms with van der Waals surface area (Å²) in [6, 6.07) is -3.75. The van der Waals surface area contributed by atoms with Gasteiger partial charge in [-0.15, -0.1) is 11.3 Å². The van der Waals surface area contributed by atoms with E-state index in [-0.39, 0.29) is 74.2 Å². The third kappa shape index (κ3) is 7.09. The number of thiazole rings is 1. The van der Waals surface area contributed by atoms with Crippen molar-refractivity contribution in [1.82, 2.24) is 14.6 Å². The molecule has 1 aromatic rings. The standard InChI is InChI=1S/C14H17N5O10S2.2Na/c1-14(2,12(23)24)29-18-6(5-4-30-13(15)16-5)9(20)17-7-8(11(22)28-3)19(10(7)21)31(25,26)27;;/h4,7-8H,1-3H3,(H2,15,16)(H,17,20)(H,23,24)(H,25,26,27);;/q;2*+1/p-2/b18-6-;;/t7-,8-;;/m1../s1. The second-order valence-corrected chi connectivity index (χ2v) is 8.55. The average Bonchev–Trinajstić information content (AvgIpc) is 3.07. The normalized spacial score (nSPS) is 18.2. The van der Waals surface area contributed by atoms with Gasteiger partial charge < -0.3 is 35.1 Å². The number of nitrogens with one attached hydrogen (secondary N) is 1. The van der Waals surface area contributed by atoms with E-state index in [1.807, 2.05) is 5.32 Å². The fourth-order valence-electron chi connectivity index (χ4n) is 2.21. The first-order valence-electron chi connectivity index (χ1n) is 8.07. The van der Waals surface area contributed by atoms with Crippen LogP contribution in [0.15, 0.2) is 10.5 Å². The summed E-state index contributed by atoms with van der Waals surface area (Å²) in [4.78, 5) is 56.3. The van der Waals surface area contributed by atoms with Crippen LogP contribution in [0.5, 0.6) is 0 Å². The molecule has 0 bridgehead atoms. The number of amides is 2. The van der Waals surface area contributed by atoms with Crippen molar-refractivity contribution in [1.29, 1.82) is 0 Å². The van der Waals surface area contributed by atoms with Gasteiger partial charge in [0.2, 0.25) is 0 Å². The van der Waals surface area contributed by atoms with Crippen molar-refractivity contribution >= 4 is 56.2 Å². The van der Waals surface area contributed by atoms with Crippen LogP contribution >= 0.6 is 11.3 Å². The van der Waals surface area contributed by atoms with Gasteiger partial charge in [-0.25, -0.2) is 22.5 Å². The molecule has 1 fully saturated rings. The topological polar surface area (TPSA) is 234 Å². The number of oxime groups is 1. The van der Waals surface area contributed by atoms with Crippen LogP contribution in [-0.2, 0) is 39.1 Å². The number of carbonyl (C=O) groups excluding carboxylic acids is 4. The summed E-state index contributed by atoms with van der Waals surface area (Å²) in [6.45, 7) is 2.16. The molecule has 0 spiro atoms. The van der Waals surface area contributed by atoms with E-state index in [2.05, 4.69) is 14.9 Å². The Morgan fingerprint density at radius 1 is 1.33 bits per heavy atom. The van der Waals surface area contributed by atoms with Gasteiger partial charge in [0.1, 0.15) is 11.7 Å². The molecule has 0 radical (unpaired) electrons. The quantitative estimate of drug-likeness (QED) is 0.0807. The molecule has 3 N–H and O–H groups in total. The van der Waals surface area contributed by atoms with Crippen molar-refractivity contribution < 1.29 is 106 Å². The molecule has 33 heavy (non-hydrogen) atoms. The van der Waals surface area contributed by atoms with Crippen LogP contribution < -0.4 is 75.3 Å². The first-order chi connectivity index (χ1) is 14.2. The number of rotatable bonds is 8. The van der Waals surface area contributed by atoms with Crippen LogP contribution in [-0.4, -0.2) is 76.5 Å². The van der Waals surface area contributed by atoms with Crippen molar-refractivity contribution in [2.24, 2.45) is 5.16 Å². The number of nitrogen functional groups attached to an aromatic ring is 1. The monoisotopic (exact) mass is 523 g/mol. The Hall–Kier alpha value is -1.31. The van der Waals surface area contributed by atoms with Crippen molar-refractivity contribution in [3.63, 3.8) is 0 Å². The fourth-order valence-corrected chi connectivity index (χ4v) is 3.58. The number of anilines is 1. The summed E-state index contributed by atoms with van der Waals surface area (Å²) < 4.78 is 37.8. The van der Waals surface area contributed by atoms with E-state index < -0.39 is 57.5 Å². The van der Waals surface area contributed by atoms with Crippen molar-refractivity contribution in [2.75, 3.05) is 12.8 Å². The predicted octanol–water partition coefficient (Wildman–Crippen LogP) is -9.69. The largest absolute Gasteiger partial charge is 1.00 e. The second kappa shape index (κ2) is 11.9. The molecular weight excluding hydrogens is 508 g/mol. The van der Waals surface area contributed by atoms with Crippen LogP contribution in [0.25, 0.3) is 0 Å². The van der Waals surface area contributed by atoms with Gasteiger partial charge in [0, 0.05) is 5.38 Å². The minimum atomic E-state index is -5.37. The Balaban J connectivity index is 0.00000512. The third-order valence-corrected chi connectivity index (χ3v) is 5.42. The number of nitrogens with two attached hydrogens (primary N) is 1. The van der Waals surface area contributed by atoms with Gasteiger partial charge in [0.15, 0.2) is 32.8 Å². The molecular formula is C14H15N5Na2O10S2. The maximum Gasteiger partial charge on any atom is 1.00 e. The first kappa shape index (κ1) is 31.7. The average molecular weight is 523 g/mol. The van der Waals surface area contributed by atoms with Gasteiger partial charge in [-0.2, -0.15) is 0 Å². The Bertz CT molecular complexity index is 1070. The summed E-state index contributed by atoms with van der Waals surface area (Å²) in [5, 5.41) is 17.8. The molecule has 2 rings (SSSR count). The van der Waals surface area contributed by atoms with E-state index in [0.29, 0.717) is 0 Å². The van der Waals surface area contributed by atoms with Crippen molar-refractivity contribution in [3.05, 3.63) is 11.1 Å². The summed E-state index contributed by atoms with van der Waals surface area (Å²) in [6.07, 6.45) is 0. The molecule has 2 amide bonds. The zero-order chi connectivity index (χ0) is 23.7. The number of carboxylic acid groups (broad SMARTS) is 1. The molecule has 0 aromatic carbocycles. The zero-order valence-corrected chi connectivity index (χ0v) is 23.7. The number of esters is 1. The zero-order valence-electron chi connectivity index (χ0n) is 18.1. The number of carbonyl (C=O) groups is 4. The third-order valence-electron chi connectivity index (χ3n) is 3.86. The molecule has 1 saturated heterocycles. The molecule has 0 saturated carbocycles. The van der Waals surface area contributed by atoms with E-state index in [1.165, 1.54) is 5.38 Å². The molecule has 1 aromatic heterocycles. The minimum absolute atomic E-state index is 0. The van der Waals surface area contributed by atoms with Gasteiger partial charge in [0.25, 0.3) is 11.8 Å². The molecule has 0 aliphatic carbocycles. The van der Waals surface area contributed by atoms with Crippen LogP contribution in [0.4, 0.5) is 5.13 Å². The number of aliphatic carboxylic acids is 1. The first-order valence-corrected chi connectivity index (χ1v) is 10.3. The van der Waals surface area contributed by atoms with Crippen LogP contribution in [0.2, 0.25) is 0 Å². The molecule has 1 aliphatic rings. The van der Waals surface area contributed by atoms with E-state index in [1.54, 1.807) is 0 Å². The van der Waals surface area contributed by atoms with E-state index in [9.17, 15) is 37.3 Å². The number of carboxylic acids is 1. The van der Waals surface area contributed by atoms with Gasteiger partial charge in [-0.05, 0) is 13.8 Å². The number of hydrogen-bond donors (Lipinski definition) is 2. The minimum Gasteiger partial charge on any atom is -0.731 e. The maximum atomic E-state index is 12.7. The fraction of sp³-hybridized carbons (Fsp3) is 0.429. The van der Waals surface area contributed by atoms with E-state index >= 15 is 0 Å². The smallest absolute Gasteiger partial charge is 0.731 e. The number of methoxy groups -OCH3 is 1. The molecule has 19 heteroatoms. The van der Waals surface area contributed by atoms with Crippen LogP contribution in [0.3, 0.4) is 0 Å². The Morgan fingerprint density at radius 2 is 1.91 bits per heavy atom. The number of aromatic nitrogens is 1. The summed E-state index contributed by atoms with van der Waals surface area (Å²) in [5.74, 6) is -5.55. The number of ether oxygens (including phenoxy) is 1.